The minimum absolute atomic E-state index is 0.0168. The van der Waals surface area contributed by atoms with Crippen LogP contribution in [0.15, 0.2) is 48.2 Å². The second-order valence-electron chi connectivity index (χ2n) is 8.35. The number of anilines is 1. The normalized spacial score (nSPS) is 23.2. The van der Waals surface area contributed by atoms with Gasteiger partial charge in [0, 0.05) is 24.8 Å². The Bertz CT molecular complexity index is 1060. The van der Waals surface area contributed by atoms with Crippen LogP contribution in [-0.4, -0.2) is 52.9 Å². The van der Waals surface area contributed by atoms with Crippen molar-refractivity contribution in [3.8, 4) is 5.75 Å². The number of fused-ring (bicyclic) bond motifs is 1. The first-order valence-corrected chi connectivity index (χ1v) is 10.8. The first kappa shape index (κ1) is 19.6. The average Bonchev–Trinajstić information content (AvgIpc) is 3.41. The molecule has 7 heteroatoms. The third-order valence-corrected chi connectivity index (χ3v) is 6.49. The van der Waals surface area contributed by atoms with E-state index in [9.17, 15) is 14.7 Å². The van der Waals surface area contributed by atoms with E-state index in [1.807, 2.05) is 24.1 Å². The van der Waals surface area contributed by atoms with Gasteiger partial charge in [0.25, 0.3) is 11.7 Å². The number of hydrogen-bond acceptors (Lipinski definition) is 6. The SMILES string of the molecule is CN1CCOc2ccc(/C(O)=C3/C(=O)C(=O)N(C4CCCC4)C3c3ccccn3)cc21. The zero-order valence-corrected chi connectivity index (χ0v) is 17.5. The van der Waals surface area contributed by atoms with Crippen LogP contribution in [0.3, 0.4) is 0 Å². The van der Waals surface area contributed by atoms with Gasteiger partial charge in [0.1, 0.15) is 24.2 Å². The molecule has 1 aromatic heterocycles. The summed E-state index contributed by atoms with van der Waals surface area (Å²) in [6.45, 7) is 1.33. The summed E-state index contributed by atoms with van der Waals surface area (Å²) in [6.07, 6.45) is 5.42. The molecule has 0 radical (unpaired) electrons. The number of pyridine rings is 1. The van der Waals surface area contributed by atoms with Crippen LogP contribution in [0.2, 0.25) is 0 Å². The summed E-state index contributed by atoms with van der Waals surface area (Å²) in [5, 5.41) is 11.3. The van der Waals surface area contributed by atoms with Crippen molar-refractivity contribution in [1.29, 1.82) is 0 Å². The Morgan fingerprint density at radius 2 is 1.97 bits per heavy atom. The Morgan fingerprint density at radius 3 is 2.71 bits per heavy atom. The Hall–Kier alpha value is -3.35. The fourth-order valence-corrected chi connectivity index (χ4v) is 4.89. The van der Waals surface area contributed by atoms with Gasteiger partial charge in [0.15, 0.2) is 0 Å². The van der Waals surface area contributed by atoms with Gasteiger partial charge in [-0.2, -0.15) is 0 Å². The van der Waals surface area contributed by atoms with E-state index in [0.29, 0.717) is 17.9 Å². The number of aliphatic hydroxyl groups is 1. The Balaban J connectivity index is 1.65. The molecule has 1 saturated carbocycles. The maximum Gasteiger partial charge on any atom is 0.295 e. The molecule has 3 aliphatic rings. The highest BCUT2D eigenvalue weighted by molar-refractivity contribution is 6.46. The molecule has 1 saturated heterocycles. The molecule has 160 valence electrons. The van der Waals surface area contributed by atoms with Crippen molar-refractivity contribution in [2.75, 3.05) is 25.1 Å². The van der Waals surface area contributed by atoms with Crippen LogP contribution in [-0.2, 0) is 9.59 Å². The van der Waals surface area contributed by atoms with Crippen LogP contribution in [0.5, 0.6) is 5.75 Å². The number of ketones is 1. The van der Waals surface area contributed by atoms with E-state index in [1.165, 1.54) is 0 Å². The number of likely N-dealkylation sites (tertiary alicyclic amines) is 1. The summed E-state index contributed by atoms with van der Waals surface area (Å²) in [7, 11) is 1.96. The number of likely N-dealkylation sites (N-methyl/N-ethyl adjacent to an activating group) is 1. The molecule has 2 fully saturated rings. The predicted octanol–water partition coefficient (Wildman–Crippen LogP) is 3.27. The molecule has 2 aliphatic heterocycles. The summed E-state index contributed by atoms with van der Waals surface area (Å²) < 4.78 is 5.69. The van der Waals surface area contributed by atoms with E-state index in [1.54, 1.807) is 35.4 Å². The minimum Gasteiger partial charge on any atom is -0.507 e. The summed E-state index contributed by atoms with van der Waals surface area (Å²) in [4.78, 5) is 34.4. The van der Waals surface area contributed by atoms with Crippen molar-refractivity contribution in [2.24, 2.45) is 0 Å². The number of amides is 1. The van der Waals surface area contributed by atoms with Crippen molar-refractivity contribution in [3.63, 3.8) is 0 Å². The van der Waals surface area contributed by atoms with Crippen molar-refractivity contribution < 1.29 is 19.4 Å². The Labute approximate surface area is 180 Å². The molecule has 7 nitrogen and oxygen atoms in total. The van der Waals surface area contributed by atoms with Gasteiger partial charge in [-0.1, -0.05) is 18.9 Å². The number of ether oxygens (including phenoxy) is 1. The molecule has 0 spiro atoms. The highest BCUT2D eigenvalue weighted by atomic mass is 16.5. The van der Waals surface area contributed by atoms with E-state index >= 15 is 0 Å². The zero-order valence-electron chi connectivity index (χ0n) is 17.5. The molecular formula is C24H25N3O4. The summed E-state index contributed by atoms with van der Waals surface area (Å²) in [6, 6.07) is 10.1. The van der Waals surface area contributed by atoms with Crippen molar-refractivity contribution in [1.82, 2.24) is 9.88 Å². The largest absolute Gasteiger partial charge is 0.507 e. The van der Waals surface area contributed by atoms with Crippen LogP contribution in [0, 0.1) is 0 Å². The van der Waals surface area contributed by atoms with Gasteiger partial charge >= 0.3 is 0 Å². The third kappa shape index (κ3) is 3.24. The van der Waals surface area contributed by atoms with Gasteiger partial charge in [-0.05, 0) is 43.2 Å². The number of benzene rings is 1. The van der Waals surface area contributed by atoms with Crippen molar-refractivity contribution in [2.45, 2.75) is 37.8 Å². The second kappa shape index (κ2) is 7.72. The van der Waals surface area contributed by atoms with Gasteiger partial charge in [-0.15, -0.1) is 0 Å². The van der Waals surface area contributed by atoms with Crippen molar-refractivity contribution >= 4 is 23.1 Å². The molecule has 1 unspecified atom stereocenters. The monoisotopic (exact) mass is 419 g/mol. The third-order valence-electron chi connectivity index (χ3n) is 6.49. The summed E-state index contributed by atoms with van der Waals surface area (Å²) in [5.74, 6) is -0.640. The highest BCUT2D eigenvalue weighted by Crippen LogP contribution is 2.43. The van der Waals surface area contributed by atoms with Crippen LogP contribution in [0.1, 0.15) is 43.0 Å². The van der Waals surface area contributed by atoms with Gasteiger partial charge in [-0.3, -0.25) is 14.6 Å². The van der Waals surface area contributed by atoms with Gasteiger partial charge < -0.3 is 19.6 Å². The fraction of sp³-hybridized carbons (Fsp3) is 0.375. The van der Waals surface area contributed by atoms with E-state index in [4.69, 9.17) is 4.74 Å². The van der Waals surface area contributed by atoms with Crippen LogP contribution >= 0.6 is 0 Å². The summed E-state index contributed by atoms with van der Waals surface area (Å²) >= 11 is 0. The Kier molecular flexibility index (Phi) is 4.88. The standard InChI is InChI=1S/C24H25N3O4/c1-26-12-13-31-19-10-9-15(14-18(19)26)22(28)20-21(17-8-4-5-11-25-17)27(24(30)23(20)29)16-6-2-3-7-16/h4-5,8-11,14,16,21,28H,2-3,6-7,12-13H2,1H3/b22-20-. The van der Waals surface area contributed by atoms with E-state index < -0.39 is 17.7 Å². The van der Waals surface area contributed by atoms with E-state index in [-0.39, 0.29) is 17.4 Å². The first-order chi connectivity index (χ1) is 15.1. The van der Waals surface area contributed by atoms with Crippen LogP contribution < -0.4 is 9.64 Å². The molecule has 5 rings (SSSR count). The lowest BCUT2D eigenvalue weighted by Gasteiger charge is -2.30. The average molecular weight is 419 g/mol. The van der Waals surface area contributed by atoms with E-state index in [2.05, 4.69) is 4.98 Å². The Morgan fingerprint density at radius 1 is 1.16 bits per heavy atom. The maximum atomic E-state index is 13.2. The lowest BCUT2D eigenvalue weighted by molar-refractivity contribution is -0.141. The molecule has 1 N–H and O–H groups in total. The molecule has 1 atom stereocenters. The highest BCUT2D eigenvalue weighted by Gasteiger charge is 2.49. The summed E-state index contributed by atoms with van der Waals surface area (Å²) in [5.41, 5.74) is 2.03. The molecule has 1 amide bonds. The molecular weight excluding hydrogens is 394 g/mol. The van der Waals surface area contributed by atoms with Crippen LogP contribution in [0.4, 0.5) is 5.69 Å². The van der Waals surface area contributed by atoms with Gasteiger partial charge in [0.05, 0.1) is 23.5 Å². The number of hydrogen-bond donors (Lipinski definition) is 1. The first-order valence-electron chi connectivity index (χ1n) is 10.8. The topological polar surface area (TPSA) is 83.0 Å². The lowest BCUT2D eigenvalue weighted by Crippen LogP contribution is -2.37. The smallest absolute Gasteiger partial charge is 0.295 e. The number of carbonyl (C=O) groups is 2. The van der Waals surface area contributed by atoms with Gasteiger partial charge in [-0.25, -0.2) is 0 Å². The second-order valence-corrected chi connectivity index (χ2v) is 8.35. The fourth-order valence-electron chi connectivity index (χ4n) is 4.89. The molecule has 1 aliphatic carbocycles. The number of nitrogens with zero attached hydrogens (tertiary/aromatic N) is 3. The minimum atomic E-state index is -0.686. The predicted molar refractivity (Wildman–Crippen MR) is 116 cm³/mol. The lowest BCUT2D eigenvalue weighted by atomic mass is 9.97. The molecule has 2 aromatic rings. The molecule has 0 bridgehead atoms. The number of Topliss-reactive ketones (excluding diaryl/α,β-unsaturated/α-hetero) is 1. The molecule has 1 aromatic carbocycles. The number of carbonyl (C=O) groups excluding carboxylic acids is 2. The quantitative estimate of drug-likeness (QED) is 0.467. The maximum absolute atomic E-state index is 13.2. The number of rotatable bonds is 3. The van der Waals surface area contributed by atoms with Crippen molar-refractivity contribution in [3.05, 3.63) is 59.4 Å². The van der Waals surface area contributed by atoms with Gasteiger partial charge in [0.2, 0.25) is 0 Å². The molecule has 31 heavy (non-hydrogen) atoms. The van der Waals surface area contributed by atoms with Crippen LogP contribution in [0.25, 0.3) is 5.76 Å². The van der Waals surface area contributed by atoms with E-state index in [0.717, 1.165) is 43.7 Å². The zero-order chi connectivity index (χ0) is 21.5. The number of aliphatic hydroxyl groups excluding tert-OH is 1. The number of aromatic nitrogens is 1. The molecule has 3 heterocycles.